The number of H-pyrrole nitrogens is 5. The molecule has 6 aromatic carbocycles. The van der Waals surface area contributed by atoms with Gasteiger partial charge < -0.3 is 29.7 Å². The summed E-state index contributed by atoms with van der Waals surface area (Å²) < 4.78 is 8.04. The van der Waals surface area contributed by atoms with Crippen molar-refractivity contribution >= 4 is 88.6 Å². The normalized spacial score (nSPS) is 13.8. The van der Waals surface area contributed by atoms with Gasteiger partial charge in [-0.15, -0.1) is 0 Å². The van der Waals surface area contributed by atoms with E-state index in [4.69, 9.17) is 19.7 Å². The van der Waals surface area contributed by atoms with Crippen LogP contribution >= 0.6 is 0 Å². The number of hydrogen-bond donors (Lipinski definition) is 5. The quantitative estimate of drug-likeness (QED) is 0.104. The molecule has 11 heterocycles. The van der Waals surface area contributed by atoms with E-state index >= 15 is 0 Å². The second-order valence-electron chi connectivity index (χ2n) is 28.6. The molecule has 17 rings (SSSR count). The first-order valence-electron chi connectivity index (χ1n) is 35.6. The molecule has 0 unspecified atom stereocenters. The highest BCUT2D eigenvalue weighted by atomic mass is 16.5. The van der Waals surface area contributed by atoms with Gasteiger partial charge in [0.25, 0.3) is 0 Å². The van der Waals surface area contributed by atoms with Crippen molar-refractivity contribution in [2.75, 3.05) is 0 Å². The number of nitrogens with one attached hydrogen (secondary N) is 5. The molecule has 7 aromatic heterocycles. The molecule has 0 spiro atoms. The molecule has 0 fully saturated rings. The molecule has 0 saturated heterocycles. The van der Waals surface area contributed by atoms with Gasteiger partial charge in [0.15, 0.2) is 0 Å². The van der Waals surface area contributed by atoms with E-state index in [2.05, 4.69) is 310 Å². The van der Waals surface area contributed by atoms with Gasteiger partial charge in [0.1, 0.15) is 11.5 Å². The number of allylic oxidation sites excluding steroid dienone is 4. The van der Waals surface area contributed by atoms with Gasteiger partial charge in [0, 0.05) is 94.2 Å². The molecule has 16 bridgehead atoms. The average molecular weight is 1320 g/mol. The fourth-order valence-corrected chi connectivity index (χ4v) is 16.6. The standard InChI is InChI=1S/C92H82N8O/c1-15-62-56(11)72-43-68-48(3)52(7)84(95-68)82(85-53(8)49(4)69(96-85)44-73-57(12)63(16-2)75(94-73)47-74(62)93-72)64-39-29-41-66-90(64)101-91-65(40-30-42-67(91)92(66,13)14)83-86-54(9)50(5)70(97-86)45-76-78(58-31-21-17-22-32-58)80(60-35-25-19-26-36-60)88(99-76)89-81(61-37-27-20-28-38-61)79(59-33-23-18-24-34-59)77(100-89)46-71-51(6)55(10)87(83)98-71/h17-47,93,96-99H,15-16H2,1-14H3. The van der Waals surface area contributed by atoms with Gasteiger partial charge in [0.2, 0.25) is 0 Å². The Morgan fingerprint density at radius 3 is 1.32 bits per heavy atom. The summed E-state index contributed by atoms with van der Waals surface area (Å²) in [5, 5.41) is 0. The first-order valence-corrected chi connectivity index (χ1v) is 35.6. The maximum absolute atomic E-state index is 8.04. The van der Waals surface area contributed by atoms with Gasteiger partial charge >= 0.3 is 0 Å². The first kappa shape index (κ1) is 62.9. The predicted molar refractivity (Wildman–Crippen MR) is 423 cm³/mol. The third-order valence-electron chi connectivity index (χ3n) is 22.9. The highest BCUT2D eigenvalue weighted by Crippen LogP contribution is 2.57. The van der Waals surface area contributed by atoms with E-state index in [1.54, 1.807) is 0 Å². The van der Waals surface area contributed by atoms with Crippen molar-refractivity contribution in [3.63, 3.8) is 0 Å². The van der Waals surface area contributed by atoms with Crippen LogP contribution < -0.4 is 4.74 Å². The second-order valence-corrected chi connectivity index (χ2v) is 28.6. The number of aryl methyl sites for hydroxylation is 8. The van der Waals surface area contributed by atoms with E-state index in [1.165, 1.54) is 22.3 Å². The Labute approximate surface area is 590 Å². The highest BCUT2D eigenvalue weighted by molar-refractivity contribution is 6.14. The minimum atomic E-state index is -0.552. The van der Waals surface area contributed by atoms with Crippen LogP contribution in [0.4, 0.5) is 0 Å². The molecule has 0 amide bonds. The Morgan fingerprint density at radius 2 is 0.772 bits per heavy atom. The molecule has 0 radical (unpaired) electrons. The first-order chi connectivity index (χ1) is 48.9. The molecule has 0 atom stereocenters. The van der Waals surface area contributed by atoms with E-state index in [0.29, 0.717) is 0 Å². The summed E-state index contributed by atoms with van der Waals surface area (Å²) in [6.07, 6.45) is 1.76. The van der Waals surface area contributed by atoms with Crippen LogP contribution in [0.3, 0.4) is 0 Å². The smallest absolute Gasteiger partial charge is 0.139 e. The van der Waals surface area contributed by atoms with Crippen molar-refractivity contribution in [1.29, 1.82) is 0 Å². The fourth-order valence-electron chi connectivity index (χ4n) is 16.6. The number of nitrogens with zero attached hydrogens (tertiary/aromatic N) is 3. The second kappa shape index (κ2) is 23.8. The van der Waals surface area contributed by atoms with Crippen molar-refractivity contribution in [2.45, 2.75) is 115 Å². The summed E-state index contributed by atoms with van der Waals surface area (Å²) >= 11 is 0. The Balaban J connectivity index is 0.978. The predicted octanol–water partition coefficient (Wildman–Crippen LogP) is 24.3. The van der Waals surface area contributed by atoms with Gasteiger partial charge in [0.05, 0.1) is 56.2 Å². The van der Waals surface area contributed by atoms with Crippen molar-refractivity contribution in [3.05, 3.63) is 289 Å². The zero-order valence-corrected chi connectivity index (χ0v) is 60.1. The molecule has 101 heavy (non-hydrogen) atoms. The number of rotatable bonds is 8. The molecule has 9 heteroatoms. The van der Waals surface area contributed by atoms with Gasteiger partial charge in [-0.1, -0.05) is 185 Å². The van der Waals surface area contributed by atoms with Crippen LogP contribution in [0.1, 0.15) is 156 Å². The summed E-state index contributed by atoms with van der Waals surface area (Å²) in [4.78, 5) is 37.6. The number of hydrogen-bond acceptors (Lipinski definition) is 4. The summed E-state index contributed by atoms with van der Waals surface area (Å²) in [5.41, 5.74) is 43.8. The monoisotopic (exact) mass is 1310 g/mol. The maximum Gasteiger partial charge on any atom is 0.139 e. The third-order valence-corrected chi connectivity index (χ3v) is 22.9. The number of aromatic amines is 5. The van der Waals surface area contributed by atoms with Crippen LogP contribution in [-0.4, -0.2) is 39.9 Å². The Bertz CT molecular complexity index is 6120. The molecular formula is C92H82N8O. The molecule has 496 valence electrons. The molecule has 4 aliphatic heterocycles. The van der Waals surface area contributed by atoms with Crippen LogP contribution in [0.2, 0.25) is 0 Å². The van der Waals surface area contributed by atoms with Crippen LogP contribution in [0, 0.1) is 48.5 Å². The molecule has 0 saturated carbocycles. The number of aromatic nitrogens is 8. The molecule has 4 aliphatic rings. The van der Waals surface area contributed by atoms with Crippen molar-refractivity contribution in [2.24, 2.45) is 0 Å². The van der Waals surface area contributed by atoms with E-state index < -0.39 is 5.41 Å². The molecule has 0 aliphatic carbocycles. The Kier molecular flexibility index (Phi) is 14.9. The van der Waals surface area contributed by atoms with E-state index in [-0.39, 0.29) is 0 Å². The number of benzene rings is 6. The average Bonchev–Trinajstić information content (AvgIpc) is 1.71. The summed E-state index contributed by atoms with van der Waals surface area (Å²) in [5.74, 6) is 1.60. The summed E-state index contributed by atoms with van der Waals surface area (Å²) in [6, 6.07) is 68.2. The van der Waals surface area contributed by atoms with E-state index in [9.17, 15) is 0 Å². The third kappa shape index (κ3) is 9.74. The summed E-state index contributed by atoms with van der Waals surface area (Å²) in [6.45, 7) is 31.6. The number of ether oxygens (including phenoxy) is 1. The molecular weight excluding hydrogens is 1230 g/mol. The molecule has 5 N–H and O–H groups in total. The Hall–Kier alpha value is -11.6. The van der Waals surface area contributed by atoms with E-state index in [0.717, 1.165) is 236 Å². The molecule has 13 aromatic rings. The Morgan fingerprint density at radius 1 is 0.327 bits per heavy atom. The number of fused-ring (bicyclic) bond motifs is 19. The van der Waals surface area contributed by atoms with Crippen molar-refractivity contribution in [1.82, 2.24) is 39.9 Å². The minimum Gasteiger partial charge on any atom is -0.455 e. The fraction of sp³-hybridized carbons (Fsp3) is 0.185. The topological polar surface area (TPSA) is 127 Å². The summed E-state index contributed by atoms with van der Waals surface area (Å²) in [7, 11) is 0. The van der Waals surface area contributed by atoms with Crippen LogP contribution in [0.15, 0.2) is 188 Å². The van der Waals surface area contributed by atoms with Gasteiger partial charge in [-0.25, -0.2) is 15.0 Å². The van der Waals surface area contributed by atoms with E-state index in [1.807, 2.05) is 0 Å². The highest BCUT2D eigenvalue weighted by Gasteiger charge is 2.39. The largest absolute Gasteiger partial charge is 0.455 e. The van der Waals surface area contributed by atoms with Crippen molar-refractivity contribution in [3.8, 4) is 56.0 Å². The number of para-hydroxylation sites is 2. The van der Waals surface area contributed by atoms with Crippen LogP contribution in [-0.2, 0) is 11.8 Å². The van der Waals surface area contributed by atoms with Crippen molar-refractivity contribution < 1.29 is 4.74 Å². The maximum atomic E-state index is 8.04. The SMILES string of the molecule is CCC1=C(C)c2cc3[nH]c(c(C)c3C)c(-c3cccc4c3Oc3c(-c5c6[nH]c(cc7nc(c8[nH]c(cc9[nH]c5c(C)c9C)c(-c5ccccc5)c8-c5ccccc5)C(c5ccccc5)=C7c5ccccc5)c(C)c6C)cccc3C4(C)C)c3nc(cc4[nH]c(cc1n2)c(CC)c4C)C(C)=C3C. The lowest BCUT2D eigenvalue weighted by atomic mass is 9.73. The molecule has 9 nitrogen and oxygen atoms in total. The van der Waals surface area contributed by atoms with Gasteiger partial charge in [-0.2, -0.15) is 0 Å². The zero-order valence-electron chi connectivity index (χ0n) is 60.1. The zero-order chi connectivity index (χ0) is 69.6. The van der Waals surface area contributed by atoms with Gasteiger partial charge in [-0.05, 0) is 201 Å². The minimum absolute atomic E-state index is 0.552. The van der Waals surface area contributed by atoms with Crippen LogP contribution in [0.5, 0.6) is 11.5 Å². The lowest BCUT2D eigenvalue weighted by molar-refractivity contribution is 0.421. The van der Waals surface area contributed by atoms with Gasteiger partial charge in [-0.3, -0.25) is 0 Å². The lowest BCUT2D eigenvalue weighted by Gasteiger charge is -2.36. The lowest BCUT2D eigenvalue weighted by Crippen LogP contribution is -2.25. The van der Waals surface area contributed by atoms with Crippen LogP contribution in [0.25, 0.3) is 133 Å².